The molecule has 1 amide bonds. The van der Waals surface area contributed by atoms with E-state index in [0.717, 1.165) is 28.9 Å². The lowest BCUT2D eigenvalue weighted by atomic mass is 9.89. The molecule has 1 fully saturated rings. The first kappa shape index (κ1) is 18.8. The number of hydrogen-bond donors (Lipinski definition) is 0. The van der Waals surface area contributed by atoms with Crippen molar-refractivity contribution in [3.05, 3.63) is 83.6 Å². The minimum absolute atomic E-state index is 0.0946. The second kappa shape index (κ2) is 7.88. The van der Waals surface area contributed by atoms with Gasteiger partial charge in [0.25, 0.3) is 5.91 Å². The minimum Gasteiger partial charge on any atom is -0.337 e. The molecule has 1 aliphatic rings. The average Bonchev–Trinajstić information content (AvgIpc) is 3.41. The second-order valence-corrected chi connectivity index (χ2v) is 8.49. The number of likely N-dealkylation sites (tertiary alicyclic amines) is 1. The molecule has 30 heavy (non-hydrogen) atoms. The molecule has 5 nitrogen and oxygen atoms in total. The summed E-state index contributed by atoms with van der Waals surface area (Å²) >= 11 is 1.50. The molecule has 0 saturated carbocycles. The molecule has 0 bridgehead atoms. The number of aromatic nitrogens is 2. The van der Waals surface area contributed by atoms with Crippen LogP contribution in [0.4, 0.5) is 0 Å². The summed E-state index contributed by atoms with van der Waals surface area (Å²) in [6.07, 6.45) is 5.29. The van der Waals surface area contributed by atoms with E-state index in [1.807, 2.05) is 58.4 Å². The van der Waals surface area contributed by atoms with E-state index < -0.39 is 0 Å². The van der Waals surface area contributed by atoms with Crippen molar-refractivity contribution in [3.63, 3.8) is 0 Å². The van der Waals surface area contributed by atoms with Crippen molar-refractivity contribution in [3.8, 4) is 11.1 Å². The van der Waals surface area contributed by atoms with Gasteiger partial charge in [0, 0.05) is 42.3 Å². The van der Waals surface area contributed by atoms with Crippen LogP contribution in [0.1, 0.15) is 33.7 Å². The van der Waals surface area contributed by atoms with Gasteiger partial charge in [0.1, 0.15) is 5.69 Å². The molecular formula is C24H21N3O2S. The van der Waals surface area contributed by atoms with Gasteiger partial charge in [0.15, 0.2) is 10.7 Å². The van der Waals surface area contributed by atoms with Gasteiger partial charge in [-0.05, 0) is 24.0 Å². The van der Waals surface area contributed by atoms with E-state index in [1.165, 1.54) is 11.3 Å². The van der Waals surface area contributed by atoms with Crippen LogP contribution >= 0.6 is 11.3 Å². The topological polar surface area (TPSA) is 54.7 Å². The Kier molecular flexibility index (Phi) is 4.93. The molecular weight excluding hydrogens is 394 g/mol. The van der Waals surface area contributed by atoms with Crippen molar-refractivity contribution in [1.82, 2.24) is 14.3 Å². The summed E-state index contributed by atoms with van der Waals surface area (Å²) < 4.78 is 1.86. The molecule has 2 aromatic heterocycles. The van der Waals surface area contributed by atoms with E-state index in [1.54, 1.807) is 11.1 Å². The van der Waals surface area contributed by atoms with Gasteiger partial charge >= 0.3 is 0 Å². The molecule has 3 heterocycles. The molecule has 150 valence electrons. The molecule has 0 spiro atoms. The lowest BCUT2D eigenvalue weighted by Gasteiger charge is -2.31. The third-order valence-electron chi connectivity index (χ3n) is 5.67. The number of nitrogens with zero attached hydrogens (tertiary/aromatic N) is 3. The Labute approximate surface area is 178 Å². The summed E-state index contributed by atoms with van der Waals surface area (Å²) in [5.74, 6) is -0.158. The fourth-order valence-corrected chi connectivity index (χ4v) is 4.76. The smallest absolute Gasteiger partial charge is 0.274 e. The minimum atomic E-state index is -0.172. The van der Waals surface area contributed by atoms with Crippen molar-refractivity contribution in [2.75, 3.05) is 13.1 Å². The summed E-state index contributed by atoms with van der Waals surface area (Å²) in [4.78, 5) is 33.0. The number of fused-ring (bicyclic) bond motifs is 1. The molecule has 5 rings (SSSR count). The fourth-order valence-electron chi connectivity index (χ4n) is 4.06. The zero-order valence-electron chi connectivity index (χ0n) is 16.4. The lowest BCUT2D eigenvalue weighted by Crippen LogP contribution is -2.42. The number of amides is 1. The van der Waals surface area contributed by atoms with Gasteiger partial charge in [-0.3, -0.25) is 14.0 Å². The molecule has 0 aliphatic carbocycles. The number of imidazole rings is 1. The highest BCUT2D eigenvalue weighted by Gasteiger charge is 2.30. The van der Waals surface area contributed by atoms with Gasteiger partial charge in [-0.15, -0.1) is 11.3 Å². The van der Waals surface area contributed by atoms with Crippen molar-refractivity contribution in [2.24, 2.45) is 5.92 Å². The van der Waals surface area contributed by atoms with Crippen molar-refractivity contribution in [2.45, 2.75) is 12.8 Å². The van der Waals surface area contributed by atoms with Gasteiger partial charge in [-0.2, -0.15) is 0 Å². The van der Waals surface area contributed by atoms with Gasteiger partial charge in [-0.1, -0.05) is 54.6 Å². The highest BCUT2D eigenvalue weighted by Crippen LogP contribution is 2.25. The zero-order valence-corrected chi connectivity index (χ0v) is 17.2. The van der Waals surface area contributed by atoms with Crippen LogP contribution in [-0.2, 0) is 0 Å². The van der Waals surface area contributed by atoms with Crippen LogP contribution in [-0.4, -0.2) is 39.1 Å². The van der Waals surface area contributed by atoms with Gasteiger partial charge in [-0.25, -0.2) is 4.98 Å². The van der Waals surface area contributed by atoms with Crippen LogP contribution in [0.25, 0.3) is 16.1 Å². The second-order valence-electron chi connectivity index (χ2n) is 7.62. The molecule has 1 aliphatic heterocycles. The highest BCUT2D eigenvalue weighted by atomic mass is 32.1. The lowest BCUT2D eigenvalue weighted by molar-refractivity contribution is 0.0632. The number of benzene rings is 2. The predicted molar refractivity (Wildman–Crippen MR) is 118 cm³/mol. The number of piperidine rings is 1. The number of Topliss-reactive ketones (excluding diaryl/α,β-unsaturated/α-hetero) is 1. The fraction of sp³-hybridized carbons (Fsp3) is 0.208. The largest absolute Gasteiger partial charge is 0.337 e. The number of hydrogen-bond acceptors (Lipinski definition) is 4. The maximum atomic E-state index is 13.1. The SMILES string of the molecule is O=C(c1ccc(-c2ccccc2)cc1)[C@@H]1CCCN(C(=O)c2cn3ccsc3n2)C1. The quantitative estimate of drug-likeness (QED) is 0.450. The van der Waals surface area contributed by atoms with Crippen LogP contribution < -0.4 is 0 Å². The summed E-state index contributed by atoms with van der Waals surface area (Å²) in [7, 11) is 0. The number of rotatable bonds is 4. The molecule has 6 heteroatoms. The van der Waals surface area contributed by atoms with Gasteiger partial charge in [0.2, 0.25) is 0 Å². The van der Waals surface area contributed by atoms with Gasteiger partial charge in [0.05, 0.1) is 0 Å². The third-order valence-corrected chi connectivity index (χ3v) is 6.44. The number of ketones is 1. The van der Waals surface area contributed by atoms with Crippen molar-refractivity contribution in [1.29, 1.82) is 0 Å². The van der Waals surface area contributed by atoms with E-state index in [4.69, 9.17) is 0 Å². The van der Waals surface area contributed by atoms with Crippen molar-refractivity contribution >= 4 is 28.0 Å². The van der Waals surface area contributed by atoms with Crippen LogP contribution in [0.3, 0.4) is 0 Å². The Morgan fingerprint density at radius 2 is 1.77 bits per heavy atom. The molecule has 2 aromatic carbocycles. The summed E-state index contributed by atoms with van der Waals surface area (Å²) in [5, 5.41) is 1.94. The first-order valence-corrected chi connectivity index (χ1v) is 11.0. The molecule has 0 N–H and O–H groups in total. The Bertz CT molecular complexity index is 1170. The summed E-state index contributed by atoms with van der Waals surface area (Å²) in [6, 6.07) is 17.9. The molecule has 1 saturated heterocycles. The average molecular weight is 416 g/mol. The van der Waals surface area contributed by atoms with Crippen LogP contribution in [0.5, 0.6) is 0 Å². The number of carbonyl (C=O) groups excluding carboxylic acids is 2. The summed E-state index contributed by atoms with van der Waals surface area (Å²) in [5.41, 5.74) is 3.37. The highest BCUT2D eigenvalue weighted by molar-refractivity contribution is 7.15. The Morgan fingerprint density at radius 3 is 2.53 bits per heavy atom. The van der Waals surface area contributed by atoms with E-state index >= 15 is 0 Å². The van der Waals surface area contributed by atoms with E-state index in [0.29, 0.717) is 24.3 Å². The molecule has 0 radical (unpaired) electrons. The number of thiazole rings is 1. The Morgan fingerprint density at radius 1 is 1.00 bits per heavy atom. The predicted octanol–water partition coefficient (Wildman–Crippen LogP) is 4.80. The van der Waals surface area contributed by atoms with E-state index in [9.17, 15) is 9.59 Å². The monoisotopic (exact) mass is 415 g/mol. The summed E-state index contributed by atoms with van der Waals surface area (Å²) in [6.45, 7) is 1.12. The number of carbonyl (C=O) groups is 2. The van der Waals surface area contributed by atoms with Gasteiger partial charge < -0.3 is 4.90 Å². The van der Waals surface area contributed by atoms with E-state index in [-0.39, 0.29) is 17.6 Å². The molecule has 0 unspecified atom stereocenters. The van der Waals surface area contributed by atoms with E-state index in [2.05, 4.69) is 17.1 Å². The maximum absolute atomic E-state index is 13.1. The van der Waals surface area contributed by atoms with Crippen molar-refractivity contribution < 1.29 is 9.59 Å². The van der Waals surface area contributed by atoms with Crippen LogP contribution in [0, 0.1) is 5.92 Å². The maximum Gasteiger partial charge on any atom is 0.274 e. The zero-order chi connectivity index (χ0) is 20.5. The van der Waals surface area contributed by atoms with Crippen LogP contribution in [0.2, 0.25) is 0 Å². The molecule has 1 atom stereocenters. The first-order chi connectivity index (χ1) is 14.7. The normalized spacial score (nSPS) is 16.7. The first-order valence-electron chi connectivity index (χ1n) is 10.1. The van der Waals surface area contributed by atoms with Crippen LogP contribution in [0.15, 0.2) is 72.4 Å². The Hall–Kier alpha value is -3.25. The Balaban J connectivity index is 1.30. The third kappa shape index (κ3) is 3.55. The standard InChI is InChI=1S/C24H21N3O2S/c28-22(19-10-8-18(9-11-19)17-5-2-1-3-6-17)20-7-4-12-26(15-20)23(29)21-16-27-13-14-30-24(27)25-21/h1-3,5-6,8-11,13-14,16,20H,4,7,12,15H2/t20-/m1/s1. The molecule has 4 aromatic rings.